The number of hydrogen-bond donors (Lipinski definition) is 2. The van der Waals surface area contributed by atoms with E-state index in [0.717, 1.165) is 12.8 Å². The molecule has 1 fully saturated rings. The summed E-state index contributed by atoms with van der Waals surface area (Å²) in [6, 6.07) is 0. The van der Waals surface area contributed by atoms with Crippen molar-refractivity contribution < 1.29 is 18.4 Å². The summed E-state index contributed by atoms with van der Waals surface area (Å²) in [5, 5.41) is 6.55. The van der Waals surface area contributed by atoms with Crippen molar-refractivity contribution in [2.45, 2.75) is 39.7 Å². The Kier molecular flexibility index (Phi) is 8.42. The van der Waals surface area contributed by atoms with Crippen LogP contribution in [-0.2, 0) is 16.0 Å². The van der Waals surface area contributed by atoms with Crippen molar-refractivity contribution in [3.63, 3.8) is 0 Å². The van der Waals surface area contributed by atoms with Crippen molar-refractivity contribution in [1.29, 1.82) is 0 Å². The molecular weight excluding hydrogens is 368 g/mol. The van der Waals surface area contributed by atoms with Gasteiger partial charge in [-0.2, -0.15) is 13.9 Å². The average Bonchev–Trinajstić information content (AvgIpc) is 2.88. The van der Waals surface area contributed by atoms with Crippen LogP contribution < -0.4 is 11.1 Å². The second-order valence-corrected chi connectivity index (χ2v) is 6.31. The number of aryl methyl sites for hydroxylation is 1. The van der Waals surface area contributed by atoms with Crippen molar-refractivity contribution in [2.24, 2.45) is 11.7 Å². The number of halogens is 3. The Hall–Kier alpha value is -1.74. The third-order valence-corrected chi connectivity index (χ3v) is 4.58. The van der Waals surface area contributed by atoms with Crippen molar-refractivity contribution in [2.75, 3.05) is 26.2 Å². The fourth-order valence-corrected chi connectivity index (χ4v) is 3.16. The number of likely N-dealkylation sites (tertiary alicyclic amines) is 1. The number of rotatable bonds is 6. The summed E-state index contributed by atoms with van der Waals surface area (Å²) < 4.78 is 26.5. The molecule has 1 aromatic rings. The van der Waals surface area contributed by atoms with Crippen LogP contribution in [0.1, 0.15) is 36.3 Å². The highest BCUT2D eigenvalue weighted by molar-refractivity contribution is 5.85. The van der Waals surface area contributed by atoms with Gasteiger partial charge >= 0.3 is 6.55 Å². The smallest absolute Gasteiger partial charge is 0.333 e. The summed E-state index contributed by atoms with van der Waals surface area (Å²) in [6.45, 7) is 2.12. The first kappa shape index (κ1) is 22.3. The molecule has 7 nitrogen and oxygen atoms in total. The Labute approximate surface area is 157 Å². The van der Waals surface area contributed by atoms with E-state index in [0.29, 0.717) is 47.8 Å². The lowest BCUT2D eigenvalue weighted by Crippen LogP contribution is -2.46. The van der Waals surface area contributed by atoms with Crippen LogP contribution in [0, 0.1) is 19.8 Å². The first-order valence-corrected chi connectivity index (χ1v) is 8.43. The van der Waals surface area contributed by atoms with Gasteiger partial charge in [0.25, 0.3) is 0 Å². The van der Waals surface area contributed by atoms with Crippen LogP contribution in [0.3, 0.4) is 0 Å². The van der Waals surface area contributed by atoms with Gasteiger partial charge in [0.2, 0.25) is 11.8 Å². The number of nitrogens with one attached hydrogen (secondary N) is 1. The van der Waals surface area contributed by atoms with E-state index in [1.807, 2.05) is 0 Å². The van der Waals surface area contributed by atoms with Gasteiger partial charge in [0.05, 0.1) is 18.0 Å². The van der Waals surface area contributed by atoms with Gasteiger partial charge in [0, 0.05) is 37.4 Å². The summed E-state index contributed by atoms with van der Waals surface area (Å²) in [6.07, 6.45) is 1.48. The minimum absolute atomic E-state index is 0. The second kappa shape index (κ2) is 9.82. The summed E-state index contributed by atoms with van der Waals surface area (Å²) in [5.41, 5.74) is 6.64. The molecule has 26 heavy (non-hydrogen) atoms. The number of nitrogens with two attached hydrogens (primary N) is 1. The summed E-state index contributed by atoms with van der Waals surface area (Å²) in [4.78, 5) is 26.3. The number of carbonyl (C=O) groups excluding carboxylic acids is 2. The molecule has 3 N–H and O–H groups in total. The van der Waals surface area contributed by atoms with Crippen LogP contribution in [0.2, 0.25) is 0 Å². The molecule has 10 heteroatoms. The van der Waals surface area contributed by atoms with E-state index in [4.69, 9.17) is 5.73 Å². The molecule has 0 aromatic carbocycles. The van der Waals surface area contributed by atoms with Gasteiger partial charge in [0.1, 0.15) is 0 Å². The van der Waals surface area contributed by atoms with Crippen LogP contribution in [-0.4, -0.2) is 52.7 Å². The maximum atomic E-state index is 12.9. The quantitative estimate of drug-likeness (QED) is 0.758. The van der Waals surface area contributed by atoms with Gasteiger partial charge in [-0.1, -0.05) is 0 Å². The first-order valence-electron chi connectivity index (χ1n) is 8.43. The van der Waals surface area contributed by atoms with E-state index < -0.39 is 6.55 Å². The van der Waals surface area contributed by atoms with Crippen LogP contribution in [0.25, 0.3) is 0 Å². The van der Waals surface area contributed by atoms with Gasteiger partial charge < -0.3 is 16.0 Å². The number of alkyl halides is 2. The zero-order valence-electron chi connectivity index (χ0n) is 15.0. The summed E-state index contributed by atoms with van der Waals surface area (Å²) in [5.74, 6) is -0.521. The fourth-order valence-electron chi connectivity index (χ4n) is 3.16. The Morgan fingerprint density at radius 2 is 2.08 bits per heavy atom. The Bertz CT molecular complexity index is 638. The number of hydrogen-bond acceptors (Lipinski definition) is 4. The van der Waals surface area contributed by atoms with Crippen LogP contribution >= 0.6 is 12.4 Å². The molecule has 0 aliphatic carbocycles. The predicted octanol–water partition coefficient (Wildman–Crippen LogP) is 1.17. The standard InChI is InChI=1S/C16H25F2N5O2.ClH/c1-10-13(11(2)23(21-10)16(17)18)8-14(24)22-7-3-4-12(9-22)15(25)20-6-5-19;/h12,16H,3-9,19H2,1-2H3,(H,20,25);1H. The molecule has 2 heterocycles. The molecule has 1 atom stereocenters. The molecular formula is C16H26ClF2N5O2. The lowest BCUT2D eigenvalue weighted by Gasteiger charge is -2.32. The molecule has 148 valence electrons. The highest BCUT2D eigenvalue weighted by Crippen LogP contribution is 2.22. The fraction of sp³-hybridized carbons (Fsp3) is 0.688. The molecule has 0 bridgehead atoms. The lowest BCUT2D eigenvalue weighted by molar-refractivity contribution is -0.135. The van der Waals surface area contributed by atoms with E-state index in [9.17, 15) is 18.4 Å². The van der Waals surface area contributed by atoms with Gasteiger partial charge in [-0.05, 0) is 26.7 Å². The summed E-state index contributed by atoms with van der Waals surface area (Å²) in [7, 11) is 0. The van der Waals surface area contributed by atoms with Gasteiger partial charge in [0.15, 0.2) is 0 Å². The van der Waals surface area contributed by atoms with Gasteiger partial charge in [-0.15, -0.1) is 12.4 Å². The van der Waals surface area contributed by atoms with Crippen molar-refractivity contribution >= 4 is 24.2 Å². The highest BCUT2D eigenvalue weighted by atomic mass is 35.5. The SMILES string of the molecule is Cc1nn(C(F)F)c(C)c1CC(=O)N1CCCC(C(=O)NCCN)C1.Cl. The Balaban J connectivity index is 0.00000338. The third kappa shape index (κ3) is 5.14. The first-order chi connectivity index (χ1) is 11.8. The average molecular weight is 394 g/mol. The number of carbonyl (C=O) groups is 2. The molecule has 1 aromatic heterocycles. The molecule has 1 unspecified atom stereocenters. The molecule has 1 aliphatic rings. The number of amides is 2. The van der Waals surface area contributed by atoms with Crippen LogP contribution in [0.5, 0.6) is 0 Å². The Morgan fingerprint density at radius 3 is 2.65 bits per heavy atom. The minimum Gasteiger partial charge on any atom is -0.355 e. The van der Waals surface area contributed by atoms with Crippen LogP contribution in [0.15, 0.2) is 0 Å². The molecule has 1 aliphatic heterocycles. The molecule has 0 radical (unpaired) electrons. The predicted molar refractivity (Wildman–Crippen MR) is 95.3 cm³/mol. The van der Waals surface area contributed by atoms with Crippen molar-refractivity contribution in [1.82, 2.24) is 20.0 Å². The van der Waals surface area contributed by atoms with Gasteiger partial charge in [-0.3, -0.25) is 9.59 Å². The van der Waals surface area contributed by atoms with Crippen molar-refractivity contribution in [3.8, 4) is 0 Å². The molecule has 1 saturated heterocycles. The topological polar surface area (TPSA) is 93.2 Å². The number of piperidine rings is 1. The second-order valence-electron chi connectivity index (χ2n) is 6.31. The van der Waals surface area contributed by atoms with Crippen LogP contribution in [0.4, 0.5) is 8.78 Å². The van der Waals surface area contributed by atoms with E-state index in [1.165, 1.54) is 6.92 Å². The zero-order chi connectivity index (χ0) is 18.6. The Morgan fingerprint density at radius 1 is 1.38 bits per heavy atom. The lowest BCUT2D eigenvalue weighted by atomic mass is 9.96. The maximum Gasteiger partial charge on any atom is 0.333 e. The molecule has 0 spiro atoms. The maximum absolute atomic E-state index is 12.9. The largest absolute Gasteiger partial charge is 0.355 e. The molecule has 2 amide bonds. The minimum atomic E-state index is -2.73. The highest BCUT2D eigenvalue weighted by Gasteiger charge is 2.29. The summed E-state index contributed by atoms with van der Waals surface area (Å²) >= 11 is 0. The monoisotopic (exact) mass is 393 g/mol. The van der Waals surface area contributed by atoms with E-state index in [-0.39, 0.29) is 36.6 Å². The third-order valence-electron chi connectivity index (χ3n) is 4.58. The zero-order valence-corrected chi connectivity index (χ0v) is 15.8. The molecule has 0 saturated carbocycles. The normalized spacial score (nSPS) is 17.2. The van der Waals surface area contributed by atoms with Gasteiger partial charge in [-0.25, -0.2) is 4.68 Å². The number of nitrogens with zero attached hydrogens (tertiary/aromatic N) is 3. The van der Waals surface area contributed by atoms with Crippen molar-refractivity contribution in [3.05, 3.63) is 17.0 Å². The number of aromatic nitrogens is 2. The van der Waals surface area contributed by atoms with E-state index in [2.05, 4.69) is 10.4 Å². The van der Waals surface area contributed by atoms with E-state index in [1.54, 1.807) is 11.8 Å². The van der Waals surface area contributed by atoms with E-state index >= 15 is 0 Å². The molecule has 2 rings (SSSR count).